The van der Waals surface area contributed by atoms with Crippen LogP contribution in [0, 0.1) is 5.82 Å². The normalized spacial score (nSPS) is 16.5. The van der Waals surface area contributed by atoms with Gasteiger partial charge in [-0.1, -0.05) is 36.4 Å². The summed E-state index contributed by atoms with van der Waals surface area (Å²) in [4.78, 5) is 0.103. The van der Waals surface area contributed by atoms with Crippen LogP contribution in [0.3, 0.4) is 0 Å². The van der Waals surface area contributed by atoms with E-state index in [1.807, 2.05) is 0 Å². The molecular formula is C23H21FN2O4S. The Morgan fingerprint density at radius 1 is 0.903 bits per heavy atom. The SMILES string of the molecule is COc1ccc(C2=C[C@H](c3ccccc3F)N(S(=O)(=O)c3ccccc3)N2)cc1OC. The highest BCUT2D eigenvalue weighted by Gasteiger charge is 2.38. The molecule has 0 amide bonds. The predicted octanol–water partition coefficient (Wildman–Crippen LogP) is 4.13. The zero-order chi connectivity index (χ0) is 22.0. The van der Waals surface area contributed by atoms with E-state index in [4.69, 9.17) is 9.47 Å². The van der Waals surface area contributed by atoms with Crippen molar-refractivity contribution in [2.24, 2.45) is 0 Å². The molecule has 0 saturated heterocycles. The molecule has 4 rings (SSSR count). The van der Waals surface area contributed by atoms with Gasteiger partial charge >= 0.3 is 0 Å². The average molecular weight is 440 g/mol. The van der Waals surface area contributed by atoms with Crippen molar-refractivity contribution in [3.8, 4) is 11.5 Å². The number of nitrogens with zero attached hydrogens (tertiary/aromatic N) is 1. The van der Waals surface area contributed by atoms with Gasteiger partial charge in [0.25, 0.3) is 10.0 Å². The van der Waals surface area contributed by atoms with Gasteiger partial charge in [-0.15, -0.1) is 4.41 Å². The maximum absolute atomic E-state index is 14.6. The summed E-state index contributed by atoms with van der Waals surface area (Å²) in [6.07, 6.45) is 1.68. The average Bonchev–Trinajstić information content (AvgIpc) is 3.25. The highest BCUT2D eigenvalue weighted by molar-refractivity contribution is 7.89. The van der Waals surface area contributed by atoms with Gasteiger partial charge in [-0.25, -0.2) is 12.8 Å². The van der Waals surface area contributed by atoms with E-state index < -0.39 is 21.9 Å². The Labute approximate surface area is 180 Å². The van der Waals surface area contributed by atoms with Crippen LogP contribution in [0.15, 0.2) is 83.8 Å². The zero-order valence-corrected chi connectivity index (χ0v) is 17.8. The second-order valence-corrected chi connectivity index (χ2v) is 8.66. The van der Waals surface area contributed by atoms with Crippen LogP contribution in [0.2, 0.25) is 0 Å². The number of ether oxygens (including phenoxy) is 2. The summed E-state index contributed by atoms with van der Waals surface area (Å²) < 4.78 is 53.1. The smallest absolute Gasteiger partial charge is 0.260 e. The number of hydrogen-bond donors (Lipinski definition) is 1. The molecule has 0 aliphatic carbocycles. The topological polar surface area (TPSA) is 67.9 Å². The van der Waals surface area contributed by atoms with Gasteiger partial charge in [0.15, 0.2) is 11.5 Å². The first-order valence-electron chi connectivity index (χ1n) is 9.50. The van der Waals surface area contributed by atoms with Crippen LogP contribution in [0.4, 0.5) is 4.39 Å². The Kier molecular flexibility index (Phi) is 5.67. The van der Waals surface area contributed by atoms with E-state index in [9.17, 15) is 12.8 Å². The second-order valence-electron chi connectivity index (χ2n) is 6.84. The van der Waals surface area contributed by atoms with Crippen LogP contribution in [0.1, 0.15) is 17.2 Å². The fourth-order valence-corrected chi connectivity index (χ4v) is 4.88. The number of nitrogens with one attached hydrogen (secondary N) is 1. The number of hydrazine groups is 1. The van der Waals surface area contributed by atoms with Gasteiger partial charge in [0.2, 0.25) is 0 Å². The summed E-state index contributed by atoms with van der Waals surface area (Å²) in [6, 6.07) is 18.5. The van der Waals surface area contributed by atoms with Crippen molar-refractivity contribution in [3.05, 3.63) is 95.8 Å². The third kappa shape index (κ3) is 3.87. The molecule has 31 heavy (non-hydrogen) atoms. The fourth-order valence-electron chi connectivity index (χ4n) is 3.46. The van der Waals surface area contributed by atoms with Crippen molar-refractivity contribution in [1.29, 1.82) is 0 Å². The molecule has 3 aromatic carbocycles. The van der Waals surface area contributed by atoms with Crippen molar-refractivity contribution < 1.29 is 22.3 Å². The van der Waals surface area contributed by atoms with Crippen LogP contribution < -0.4 is 14.9 Å². The maximum Gasteiger partial charge on any atom is 0.260 e. The monoisotopic (exact) mass is 440 g/mol. The summed E-state index contributed by atoms with van der Waals surface area (Å²) in [5, 5.41) is 0. The van der Waals surface area contributed by atoms with Gasteiger partial charge in [-0.3, -0.25) is 0 Å². The zero-order valence-electron chi connectivity index (χ0n) is 16.9. The van der Waals surface area contributed by atoms with E-state index in [1.54, 1.807) is 60.7 Å². The van der Waals surface area contributed by atoms with Crippen molar-refractivity contribution in [2.75, 3.05) is 14.2 Å². The summed E-state index contributed by atoms with van der Waals surface area (Å²) in [5.74, 6) is 0.547. The van der Waals surface area contributed by atoms with Gasteiger partial charge < -0.3 is 14.9 Å². The highest BCUT2D eigenvalue weighted by atomic mass is 32.2. The van der Waals surface area contributed by atoms with E-state index >= 15 is 0 Å². The summed E-state index contributed by atoms with van der Waals surface area (Å²) in [7, 11) is -0.920. The number of methoxy groups -OCH3 is 2. The van der Waals surface area contributed by atoms with E-state index in [-0.39, 0.29) is 10.5 Å². The Morgan fingerprint density at radius 3 is 2.26 bits per heavy atom. The first-order valence-corrected chi connectivity index (χ1v) is 10.9. The number of hydrogen-bond acceptors (Lipinski definition) is 5. The lowest BCUT2D eigenvalue weighted by Gasteiger charge is -2.25. The maximum atomic E-state index is 14.6. The van der Waals surface area contributed by atoms with E-state index in [0.717, 1.165) is 4.41 Å². The minimum atomic E-state index is -3.97. The molecule has 0 aromatic heterocycles. The molecule has 1 heterocycles. The standard InChI is InChI=1S/C23H21FN2O4S/c1-29-22-13-12-16(14-23(22)30-2)20-15-21(18-10-6-7-11-19(18)24)26(25-20)31(27,28)17-8-4-3-5-9-17/h3-15,21,25H,1-2H3/t21-/m1/s1. The first-order chi connectivity index (χ1) is 15.0. The largest absolute Gasteiger partial charge is 0.493 e. The molecule has 1 N–H and O–H groups in total. The van der Waals surface area contributed by atoms with Gasteiger partial charge in [0, 0.05) is 11.1 Å². The first kappa shape index (κ1) is 20.9. The van der Waals surface area contributed by atoms with Gasteiger partial charge in [0.1, 0.15) is 5.82 Å². The molecule has 8 heteroatoms. The summed E-state index contributed by atoms with van der Waals surface area (Å²) in [5.41, 5.74) is 4.37. The lowest BCUT2D eigenvalue weighted by atomic mass is 10.0. The van der Waals surface area contributed by atoms with Crippen molar-refractivity contribution >= 4 is 15.7 Å². The molecule has 0 unspecified atom stereocenters. The molecule has 0 spiro atoms. The van der Waals surface area contributed by atoms with E-state index in [2.05, 4.69) is 5.43 Å². The van der Waals surface area contributed by atoms with Crippen molar-refractivity contribution in [1.82, 2.24) is 9.84 Å². The molecular weight excluding hydrogens is 419 g/mol. The van der Waals surface area contributed by atoms with Crippen LogP contribution in [0.5, 0.6) is 11.5 Å². The number of benzene rings is 3. The third-order valence-corrected chi connectivity index (χ3v) is 6.73. The fraction of sp³-hybridized carbons (Fsp3) is 0.130. The highest BCUT2D eigenvalue weighted by Crippen LogP contribution is 2.38. The van der Waals surface area contributed by atoms with Crippen LogP contribution in [-0.2, 0) is 10.0 Å². The Balaban J connectivity index is 1.81. The Bertz CT molecular complexity index is 1230. The lowest BCUT2D eigenvalue weighted by molar-refractivity contribution is 0.341. The molecule has 160 valence electrons. The lowest BCUT2D eigenvalue weighted by Crippen LogP contribution is -2.39. The molecule has 1 atom stereocenters. The van der Waals surface area contributed by atoms with Crippen LogP contribution in [0.25, 0.3) is 5.70 Å². The number of sulfonamides is 1. The van der Waals surface area contributed by atoms with E-state index in [1.165, 1.54) is 32.4 Å². The molecule has 1 aliphatic heterocycles. The molecule has 3 aromatic rings. The van der Waals surface area contributed by atoms with Crippen LogP contribution in [-0.4, -0.2) is 27.1 Å². The van der Waals surface area contributed by atoms with Gasteiger partial charge in [-0.2, -0.15) is 0 Å². The van der Waals surface area contributed by atoms with Crippen molar-refractivity contribution in [2.45, 2.75) is 10.9 Å². The molecule has 6 nitrogen and oxygen atoms in total. The van der Waals surface area contributed by atoms with Gasteiger partial charge in [0.05, 0.1) is 30.9 Å². The minimum Gasteiger partial charge on any atom is -0.493 e. The summed E-state index contributed by atoms with van der Waals surface area (Å²) >= 11 is 0. The second kappa shape index (κ2) is 8.41. The van der Waals surface area contributed by atoms with Crippen LogP contribution >= 0.6 is 0 Å². The molecule has 0 saturated carbocycles. The Hall–Kier alpha value is -3.36. The summed E-state index contributed by atoms with van der Waals surface area (Å²) in [6.45, 7) is 0. The van der Waals surface area contributed by atoms with Crippen molar-refractivity contribution in [3.63, 3.8) is 0 Å². The van der Waals surface area contributed by atoms with Gasteiger partial charge in [-0.05, 0) is 42.5 Å². The molecule has 0 radical (unpaired) electrons. The van der Waals surface area contributed by atoms with E-state index in [0.29, 0.717) is 22.8 Å². The minimum absolute atomic E-state index is 0.103. The number of halogens is 1. The third-order valence-electron chi connectivity index (χ3n) is 5.03. The Morgan fingerprint density at radius 2 is 1.58 bits per heavy atom. The molecule has 1 aliphatic rings. The molecule has 0 bridgehead atoms. The quantitative estimate of drug-likeness (QED) is 0.624. The molecule has 0 fully saturated rings. The number of rotatable bonds is 6. The predicted molar refractivity (Wildman–Crippen MR) is 115 cm³/mol.